The Bertz CT molecular complexity index is 453. The topological polar surface area (TPSA) is 82.0 Å². The molecule has 0 aliphatic carbocycles. The fourth-order valence-electron chi connectivity index (χ4n) is 1.55. The Morgan fingerprint density at radius 2 is 2.31 bits per heavy atom. The van der Waals surface area contributed by atoms with Gasteiger partial charge in [-0.25, -0.2) is 4.79 Å². The lowest BCUT2D eigenvalue weighted by Crippen LogP contribution is -2.07. The van der Waals surface area contributed by atoms with Crippen LogP contribution in [-0.2, 0) is 9.47 Å². The van der Waals surface area contributed by atoms with Gasteiger partial charge in [0.05, 0.1) is 29.8 Å². The molecule has 1 aromatic rings. The second-order valence-electron chi connectivity index (χ2n) is 3.31. The highest BCUT2D eigenvalue weighted by molar-refractivity contribution is 5.92. The first kappa shape index (κ1) is 10.6. The second kappa shape index (κ2) is 3.90. The zero-order valence-electron chi connectivity index (χ0n) is 8.50. The van der Waals surface area contributed by atoms with Gasteiger partial charge in [-0.2, -0.15) is 0 Å². The van der Waals surface area contributed by atoms with Gasteiger partial charge in [-0.3, -0.25) is 10.1 Å². The van der Waals surface area contributed by atoms with Gasteiger partial charge in [-0.1, -0.05) is 6.07 Å². The summed E-state index contributed by atoms with van der Waals surface area (Å²) >= 11 is 0. The van der Waals surface area contributed by atoms with Crippen LogP contribution in [0.3, 0.4) is 0 Å². The molecule has 0 aromatic heterocycles. The van der Waals surface area contributed by atoms with Crippen LogP contribution in [0.4, 0.5) is 5.69 Å². The Morgan fingerprint density at radius 1 is 1.62 bits per heavy atom. The number of methoxy groups -OCH3 is 1. The average Bonchev–Trinajstić information content (AvgIpc) is 3.10. The van der Waals surface area contributed by atoms with Gasteiger partial charge in [0.25, 0.3) is 5.69 Å². The van der Waals surface area contributed by atoms with E-state index in [1.165, 1.54) is 25.3 Å². The zero-order chi connectivity index (χ0) is 11.7. The van der Waals surface area contributed by atoms with Crippen LogP contribution in [0.15, 0.2) is 18.2 Å². The summed E-state index contributed by atoms with van der Waals surface area (Å²) in [6.45, 7) is 0.398. The molecule has 1 fully saturated rings. The Hall–Kier alpha value is -1.95. The number of carbonyl (C=O) groups excluding carboxylic acids is 1. The van der Waals surface area contributed by atoms with E-state index in [1.54, 1.807) is 0 Å². The maximum atomic E-state index is 11.4. The third-order valence-corrected chi connectivity index (χ3v) is 2.34. The fraction of sp³-hybridized carbons (Fsp3) is 0.300. The van der Waals surface area contributed by atoms with Gasteiger partial charge in [-0.05, 0) is 6.07 Å². The summed E-state index contributed by atoms with van der Waals surface area (Å²) in [5.74, 6) is -0.589. The SMILES string of the molecule is COC(=O)c1cccc([N+](=O)[O-])c1C1CO1. The number of nitro benzene ring substituents is 1. The molecule has 1 atom stereocenters. The molecule has 0 spiro atoms. The lowest BCUT2D eigenvalue weighted by atomic mass is 10.0. The molecule has 0 N–H and O–H groups in total. The number of benzene rings is 1. The Balaban J connectivity index is 2.55. The lowest BCUT2D eigenvalue weighted by Gasteiger charge is -2.05. The predicted molar refractivity (Wildman–Crippen MR) is 53.1 cm³/mol. The predicted octanol–water partition coefficient (Wildman–Crippen LogP) is 1.45. The third kappa shape index (κ3) is 1.74. The quantitative estimate of drug-likeness (QED) is 0.335. The number of esters is 1. The molecule has 6 heteroatoms. The van der Waals surface area contributed by atoms with Crippen molar-refractivity contribution in [1.82, 2.24) is 0 Å². The fourth-order valence-corrected chi connectivity index (χ4v) is 1.55. The molecule has 1 heterocycles. The highest BCUT2D eigenvalue weighted by atomic mass is 16.6. The molecular weight excluding hydrogens is 214 g/mol. The van der Waals surface area contributed by atoms with Crippen LogP contribution in [0.1, 0.15) is 22.0 Å². The van der Waals surface area contributed by atoms with E-state index in [9.17, 15) is 14.9 Å². The molecule has 1 aliphatic heterocycles. The summed E-state index contributed by atoms with van der Waals surface area (Å²) in [4.78, 5) is 21.7. The van der Waals surface area contributed by atoms with E-state index >= 15 is 0 Å². The highest BCUT2D eigenvalue weighted by Crippen LogP contribution is 2.38. The van der Waals surface area contributed by atoms with Crippen molar-refractivity contribution in [2.24, 2.45) is 0 Å². The number of nitro groups is 1. The number of rotatable bonds is 3. The maximum absolute atomic E-state index is 11.4. The molecule has 1 unspecified atom stereocenters. The number of hydrogen-bond donors (Lipinski definition) is 0. The van der Waals surface area contributed by atoms with Gasteiger partial charge >= 0.3 is 5.97 Å². The van der Waals surface area contributed by atoms with E-state index in [0.717, 1.165) is 0 Å². The Labute approximate surface area is 90.9 Å². The molecular formula is C10H9NO5. The van der Waals surface area contributed by atoms with E-state index in [2.05, 4.69) is 4.74 Å². The minimum Gasteiger partial charge on any atom is -0.465 e. The van der Waals surface area contributed by atoms with Gasteiger partial charge in [0.15, 0.2) is 0 Å². The molecule has 2 rings (SSSR count). The summed E-state index contributed by atoms with van der Waals surface area (Å²) in [7, 11) is 1.23. The van der Waals surface area contributed by atoms with Crippen LogP contribution in [0.5, 0.6) is 0 Å². The standard InChI is InChI=1S/C10H9NO5/c1-15-10(12)6-3-2-4-7(11(13)14)9(6)8-5-16-8/h2-4,8H,5H2,1H3. The second-order valence-corrected chi connectivity index (χ2v) is 3.31. The first-order valence-electron chi connectivity index (χ1n) is 4.62. The van der Waals surface area contributed by atoms with Crippen LogP contribution in [0.2, 0.25) is 0 Å². The van der Waals surface area contributed by atoms with Gasteiger partial charge in [0.2, 0.25) is 0 Å². The molecule has 16 heavy (non-hydrogen) atoms. The van der Waals surface area contributed by atoms with Crippen LogP contribution in [0.25, 0.3) is 0 Å². The molecule has 84 valence electrons. The number of nitrogens with zero attached hydrogens (tertiary/aromatic N) is 1. The molecule has 6 nitrogen and oxygen atoms in total. The minimum atomic E-state index is -0.589. The Kier molecular flexibility index (Phi) is 2.57. The minimum absolute atomic E-state index is 0.106. The van der Waals surface area contributed by atoms with Crippen molar-refractivity contribution in [2.75, 3.05) is 13.7 Å². The summed E-state index contributed by atoms with van der Waals surface area (Å²) in [5, 5.41) is 10.8. The Morgan fingerprint density at radius 3 is 2.81 bits per heavy atom. The highest BCUT2D eigenvalue weighted by Gasteiger charge is 2.36. The molecule has 0 amide bonds. The zero-order valence-corrected chi connectivity index (χ0v) is 8.50. The van der Waals surface area contributed by atoms with E-state index in [-0.39, 0.29) is 17.4 Å². The molecule has 0 saturated carbocycles. The number of ether oxygens (including phenoxy) is 2. The van der Waals surface area contributed by atoms with Crippen molar-refractivity contribution in [1.29, 1.82) is 0 Å². The molecule has 0 bridgehead atoms. The van der Waals surface area contributed by atoms with Gasteiger partial charge in [0.1, 0.15) is 6.10 Å². The molecule has 1 saturated heterocycles. The van der Waals surface area contributed by atoms with E-state index in [1.807, 2.05) is 0 Å². The summed E-state index contributed by atoms with van der Waals surface area (Å²) < 4.78 is 9.58. The van der Waals surface area contributed by atoms with E-state index in [0.29, 0.717) is 12.2 Å². The van der Waals surface area contributed by atoms with E-state index in [4.69, 9.17) is 4.74 Å². The van der Waals surface area contributed by atoms with Crippen molar-refractivity contribution >= 4 is 11.7 Å². The maximum Gasteiger partial charge on any atom is 0.338 e. The van der Waals surface area contributed by atoms with E-state index < -0.39 is 10.9 Å². The first-order valence-corrected chi connectivity index (χ1v) is 4.62. The molecule has 0 radical (unpaired) electrons. The number of hydrogen-bond acceptors (Lipinski definition) is 5. The first-order chi connectivity index (χ1) is 7.65. The summed E-state index contributed by atoms with van der Waals surface area (Å²) in [6.07, 6.45) is -0.365. The largest absolute Gasteiger partial charge is 0.465 e. The van der Waals surface area contributed by atoms with Crippen LogP contribution in [0, 0.1) is 10.1 Å². The molecule has 1 aromatic carbocycles. The lowest BCUT2D eigenvalue weighted by molar-refractivity contribution is -0.385. The smallest absolute Gasteiger partial charge is 0.338 e. The summed E-state index contributed by atoms with van der Waals surface area (Å²) in [5.41, 5.74) is 0.393. The third-order valence-electron chi connectivity index (χ3n) is 2.34. The van der Waals surface area contributed by atoms with Crippen LogP contribution >= 0.6 is 0 Å². The van der Waals surface area contributed by atoms with Gasteiger partial charge in [-0.15, -0.1) is 0 Å². The van der Waals surface area contributed by atoms with Gasteiger partial charge in [0, 0.05) is 6.07 Å². The van der Waals surface area contributed by atoms with Crippen molar-refractivity contribution in [3.05, 3.63) is 39.4 Å². The monoisotopic (exact) mass is 223 g/mol. The number of epoxide rings is 1. The van der Waals surface area contributed by atoms with Crippen LogP contribution < -0.4 is 0 Å². The number of carbonyl (C=O) groups is 1. The van der Waals surface area contributed by atoms with Crippen molar-refractivity contribution in [2.45, 2.75) is 6.10 Å². The molecule has 1 aliphatic rings. The van der Waals surface area contributed by atoms with Gasteiger partial charge < -0.3 is 9.47 Å². The van der Waals surface area contributed by atoms with Crippen molar-refractivity contribution in [3.63, 3.8) is 0 Å². The van der Waals surface area contributed by atoms with Crippen molar-refractivity contribution < 1.29 is 19.2 Å². The van der Waals surface area contributed by atoms with Crippen LogP contribution in [-0.4, -0.2) is 24.6 Å². The summed E-state index contributed by atoms with van der Waals surface area (Å²) in [6, 6.07) is 4.30. The van der Waals surface area contributed by atoms with Crippen molar-refractivity contribution in [3.8, 4) is 0 Å². The average molecular weight is 223 g/mol. The normalized spacial score (nSPS) is 17.9.